The largest absolute Gasteiger partial charge is 0.355 e. The molecule has 0 atom stereocenters. The van der Waals surface area contributed by atoms with Crippen molar-refractivity contribution in [3.8, 4) is 11.5 Å². The molecule has 4 heterocycles. The van der Waals surface area contributed by atoms with Gasteiger partial charge >= 0.3 is 0 Å². The Bertz CT molecular complexity index is 1480. The summed E-state index contributed by atoms with van der Waals surface area (Å²) in [7, 11) is 1.56. The summed E-state index contributed by atoms with van der Waals surface area (Å²) in [5, 5.41) is 13.6. The number of imidazole rings is 1. The van der Waals surface area contributed by atoms with Crippen LogP contribution in [0.4, 0.5) is 0 Å². The molecule has 0 bridgehead atoms. The molecule has 0 aliphatic rings. The average molecular weight is 488 g/mol. The fourth-order valence-corrected chi connectivity index (χ4v) is 3.49. The highest BCUT2D eigenvalue weighted by Crippen LogP contribution is 2.27. The first kappa shape index (κ1) is 24.7. The third-order valence-corrected chi connectivity index (χ3v) is 5.62. The Labute approximate surface area is 207 Å². The number of pyridine rings is 2. The number of fused-ring (bicyclic) bond motifs is 2. The third-order valence-electron chi connectivity index (χ3n) is 5.62. The second-order valence-corrected chi connectivity index (χ2v) is 8.98. The summed E-state index contributed by atoms with van der Waals surface area (Å²) in [6.07, 6.45) is 8.87. The van der Waals surface area contributed by atoms with Crippen LogP contribution in [0.2, 0.25) is 0 Å². The Morgan fingerprint density at radius 3 is 2.67 bits per heavy atom. The predicted molar refractivity (Wildman–Crippen MR) is 138 cm³/mol. The maximum absolute atomic E-state index is 12.2. The summed E-state index contributed by atoms with van der Waals surface area (Å²) in [4.78, 5) is 45.0. The molecule has 0 unspecified atom stereocenters. The van der Waals surface area contributed by atoms with E-state index in [1.165, 1.54) is 6.20 Å². The van der Waals surface area contributed by atoms with Crippen LogP contribution in [-0.4, -0.2) is 55.2 Å². The molecule has 4 N–H and O–H groups in total. The van der Waals surface area contributed by atoms with E-state index in [0.717, 1.165) is 16.6 Å². The maximum atomic E-state index is 12.2. The molecule has 186 valence electrons. The van der Waals surface area contributed by atoms with E-state index in [-0.39, 0.29) is 23.7 Å². The molecule has 4 aromatic rings. The maximum Gasteiger partial charge on any atom is 0.254 e. The van der Waals surface area contributed by atoms with Gasteiger partial charge in [0.25, 0.3) is 5.91 Å². The Balaban J connectivity index is 1.59. The summed E-state index contributed by atoms with van der Waals surface area (Å²) < 4.78 is 0. The molecule has 0 spiro atoms. The first-order valence-electron chi connectivity index (χ1n) is 11.7. The quantitative estimate of drug-likeness (QED) is 0.280. The predicted octanol–water partition coefficient (Wildman–Crippen LogP) is 3.14. The monoisotopic (exact) mass is 487 g/mol. The number of allylic oxidation sites excluding steroid dienone is 1. The number of aromatic nitrogens is 6. The van der Waals surface area contributed by atoms with Gasteiger partial charge in [-0.1, -0.05) is 27.7 Å². The highest BCUT2D eigenvalue weighted by atomic mass is 16.2. The smallest absolute Gasteiger partial charge is 0.254 e. The molecule has 4 aromatic heterocycles. The van der Waals surface area contributed by atoms with Gasteiger partial charge in [0.1, 0.15) is 11.2 Å². The molecule has 0 saturated carbocycles. The molecule has 0 fully saturated rings. The summed E-state index contributed by atoms with van der Waals surface area (Å²) in [5.41, 5.74) is 4.45. The van der Waals surface area contributed by atoms with E-state index in [0.29, 0.717) is 40.2 Å². The molecule has 0 aliphatic heterocycles. The number of nitrogens with one attached hydrogen (secondary N) is 4. The van der Waals surface area contributed by atoms with Crippen LogP contribution < -0.4 is 10.6 Å². The van der Waals surface area contributed by atoms with Crippen molar-refractivity contribution in [1.29, 1.82) is 0 Å². The van der Waals surface area contributed by atoms with Gasteiger partial charge in [0.15, 0.2) is 11.5 Å². The Kier molecular flexibility index (Phi) is 7.18. The molecule has 2 amide bonds. The van der Waals surface area contributed by atoms with Gasteiger partial charge in [0.2, 0.25) is 5.91 Å². The van der Waals surface area contributed by atoms with Gasteiger partial charge in [0.05, 0.1) is 22.7 Å². The van der Waals surface area contributed by atoms with E-state index < -0.39 is 0 Å². The number of carbonyl (C=O) groups is 2. The molecule has 36 heavy (non-hydrogen) atoms. The van der Waals surface area contributed by atoms with Crippen molar-refractivity contribution < 1.29 is 9.59 Å². The lowest BCUT2D eigenvalue weighted by Gasteiger charge is -2.13. The number of rotatable bonds is 8. The average Bonchev–Trinajstić information content (AvgIpc) is 3.48. The SMILES string of the molecule is CNC(=O)c1cncc2[nH]c(-c3n[nH]c4ncc(C/C=N\C=C(\NC(=O)C(C)C)C(C)C)cc34)nc12. The number of hydrogen-bond donors (Lipinski definition) is 4. The van der Waals surface area contributed by atoms with Gasteiger partial charge in [0, 0.05) is 49.9 Å². The van der Waals surface area contributed by atoms with Crippen LogP contribution in [0.15, 0.2) is 41.5 Å². The molecule has 11 heteroatoms. The summed E-state index contributed by atoms with van der Waals surface area (Å²) >= 11 is 0. The standard InChI is InChI=1S/C25H29N9O2/c1-13(2)18(31-24(35)14(3)4)11-27-7-6-15-8-16-21(33-34-22(16)29-9-15)23-30-19-12-28-10-17(20(19)32-23)25(36)26-5/h7-14H,6H2,1-5H3,(H,26,36)(H,30,32)(H,31,35)(H,29,33,34)/b18-11+,27-7-. The van der Waals surface area contributed by atoms with E-state index in [1.54, 1.807) is 31.9 Å². The van der Waals surface area contributed by atoms with Gasteiger partial charge in [-0.25, -0.2) is 9.97 Å². The molecule has 0 saturated heterocycles. The van der Waals surface area contributed by atoms with E-state index in [9.17, 15) is 9.59 Å². The molecule has 4 rings (SSSR count). The number of carbonyl (C=O) groups excluding carboxylic acids is 2. The second-order valence-electron chi connectivity index (χ2n) is 8.98. The Hall–Kier alpha value is -4.41. The van der Waals surface area contributed by atoms with Crippen LogP contribution >= 0.6 is 0 Å². The number of nitrogens with zero attached hydrogens (tertiary/aromatic N) is 5. The van der Waals surface area contributed by atoms with E-state index >= 15 is 0 Å². The zero-order valence-electron chi connectivity index (χ0n) is 20.9. The van der Waals surface area contributed by atoms with Crippen molar-refractivity contribution in [2.75, 3.05) is 7.05 Å². The fourth-order valence-electron chi connectivity index (χ4n) is 3.49. The zero-order valence-corrected chi connectivity index (χ0v) is 20.9. The Morgan fingerprint density at radius 1 is 1.14 bits per heavy atom. The third kappa shape index (κ3) is 5.14. The van der Waals surface area contributed by atoms with Crippen LogP contribution in [0.25, 0.3) is 33.6 Å². The molecule has 0 aliphatic carbocycles. The molecular weight excluding hydrogens is 458 g/mol. The van der Waals surface area contributed by atoms with Gasteiger partial charge in [-0.3, -0.25) is 24.7 Å². The van der Waals surface area contributed by atoms with Crippen LogP contribution in [0.5, 0.6) is 0 Å². The van der Waals surface area contributed by atoms with Gasteiger partial charge in [-0.15, -0.1) is 0 Å². The van der Waals surface area contributed by atoms with Crippen molar-refractivity contribution >= 4 is 40.1 Å². The van der Waals surface area contributed by atoms with Crippen molar-refractivity contribution in [3.63, 3.8) is 0 Å². The van der Waals surface area contributed by atoms with Crippen LogP contribution in [0, 0.1) is 11.8 Å². The number of hydrogen-bond acceptors (Lipinski definition) is 7. The Morgan fingerprint density at radius 2 is 1.94 bits per heavy atom. The molecule has 11 nitrogen and oxygen atoms in total. The molecular formula is C25H29N9O2. The number of aromatic amines is 2. The van der Waals surface area contributed by atoms with E-state index in [2.05, 4.69) is 45.8 Å². The molecule has 0 radical (unpaired) electrons. The van der Waals surface area contributed by atoms with Crippen molar-refractivity contribution in [3.05, 3.63) is 47.7 Å². The summed E-state index contributed by atoms with van der Waals surface area (Å²) in [6, 6.07) is 1.98. The minimum absolute atomic E-state index is 0.0314. The lowest BCUT2D eigenvalue weighted by atomic mass is 10.1. The number of aliphatic imine (C=N–C) groups is 1. The van der Waals surface area contributed by atoms with E-state index in [1.807, 2.05) is 33.8 Å². The van der Waals surface area contributed by atoms with Crippen molar-refractivity contribution in [2.24, 2.45) is 16.8 Å². The minimum atomic E-state index is -0.264. The zero-order chi connectivity index (χ0) is 25.8. The summed E-state index contributed by atoms with van der Waals surface area (Å²) in [5.74, 6) is 0.249. The normalized spacial score (nSPS) is 12.4. The highest BCUT2D eigenvalue weighted by molar-refractivity contribution is 6.05. The second kappa shape index (κ2) is 10.5. The van der Waals surface area contributed by atoms with Crippen molar-refractivity contribution in [1.82, 2.24) is 40.8 Å². The number of amides is 2. The lowest BCUT2D eigenvalue weighted by molar-refractivity contribution is -0.123. The topological polar surface area (TPSA) is 154 Å². The van der Waals surface area contributed by atoms with E-state index in [4.69, 9.17) is 0 Å². The molecule has 0 aromatic carbocycles. The van der Waals surface area contributed by atoms with Crippen LogP contribution in [0.1, 0.15) is 43.6 Å². The van der Waals surface area contributed by atoms with Crippen LogP contribution in [-0.2, 0) is 11.2 Å². The van der Waals surface area contributed by atoms with Gasteiger partial charge < -0.3 is 15.6 Å². The summed E-state index contributed by atoms with van der Waals surface area (Å²) in [6.45, 7) is 7.72. The van der Waals surface area contributed by atoms with Gasteiger partial charge in [-0.2, -0.15) is 5.10 Å². The van der Waals surface area contributed by atoms with Gasteiger partial charge in [-0.05, 0) is 17.5 Å². The fraction of sp³-hybridized carbons (Fsp3) is 0.320. The number of H-pyrrole nitrogens is 2. The van der Waals surface area contributed by atoms with Crippen molar-refractivity contribution in [2.45, 2.75) is 34.1 Å². The highest BCUT2D eigenvalue weighted by Gasteiger charge is 2.18. The van der Waals surface area contributed by atoms with Crippen LogP contribution in [0.3, 0.4) is 0 Å². The lowest BCUT2D eigenvalue weighted by Crippen LogP contribution is -2.29. The first-order valence-corrected chi connectivity index (χ1v) is 11.7. The minimum Gasteiger partial charge on any atom is -0.355 e. The first-order chi connectivity index (χ1) is 17.3.